The fraction of sp³-hybridized carbons (Fsp3) is 0.500. The fourth-order valence-electron chi connectivity index (χ4n) is 1.44. The molecule has 2 N–H and O–H groups in total. The van der Waals surface area contributed by atoms with Crippen LogP contribution in [0.2, 0.25) is 0 Å². The molecule has 2 rings (SSSR count). The van der Waals surface area contributed by atoms with Gasteiger partial charge in [-0.3, -0.25) is 4.79 Å². The van der Waals surface area contributed by atoms with Crippen LogP contribution in [0, 0.1) is 0 Å². The molecule has 1 saturated heterocycles. The second-order valence-electron chi connectivity index (χ2n) is 3.54. The number of thiophene rings is 1. The van der Waals surface area contributed by atoms with Crippen LogP contribution in [0.15, 0.2) is 17.5 Å². The van der Waals surface area contributed by atoms with Crippen molar-refractivity contribution in [3.8, 4) is 0 Å². The highest BCUT2D eigenvalue weighted by atomic mass is 32.1. The molecule has 1 aromatic rings. The first-order chi connectivity index (χ1) is 6.77. The molecule has 0 bridgehead atoms. The number of nitrogens with one attached hydrogen (secondary N) is 2. The number of hydrogen-bond donors (Lipinski definition) is 2. The number of amides is 1. The quantitative estimate of drug-likeness (QED) is 0.789. The lowest BCUT2D eigenvalue weighted by Crippen LogP contribution is -2.53. The van der Waals surface area contributed by atoms with Gasteiger partial charge in [-0.05, 0) is 31.3 Å². The summed E-state index contributed by atoms with van der Waals surface area (Å²) in [5.41, 5.74) is 0. The van der Waals surface area contributed by atoms with Crippen molar-refractivity contribution in [1.82, 2.24) is 10.6 Å². The van der Waals surface area contributed by atoms with Crippen molar-refractivity contribution in [3.05, 3.63) is 22.4 Å². The lowest BCUT2D eigenvalue weighted by atomic mass is 10.1. The average molecular weight is 210 g/mol. The molecule has 0 aliphatic carbocycles. The molecule has 0 spiro atoms. The Hall–Kier alpha value is -0.870. The molecule has 2 unspecified atom stereocenters. The van der Waals surface area contributed by atoms with Gasteiger partial charge in [0.05, 0.1) is 12.1 Å². The molecule has 1 aliphatic heterocycles. The van der Waals surface area contributed by atoms with Crippen molar-refractivity contribution in [2.75, 3.05) is 6.54 Å². The van der Waals surface area contributed by atoms with Gasteiger partial charge >= 0.3 is 0 Å². The Morgan fingerprint density at radius 1 is 1.79 bits per heavy atom. The molecule has 1 fully saturated rings. The van der Waals surface area contributed by atoms with Crippen molar-refractivity contribution >= 4 is 17.2 Å². The first kappa shape index (κ1) is 9.68. The minimum atomic E-state index is 0.0393. The van der Waals surface area contributed by atoms with Crippen molar-refractivity contribution in [1.29, 1.82) is 0 Å². The van der Waals surface area contributed by atoms with E-state index in [4.69, 9.17) is 0 Å². The van der Waals surface area contributed by atoms with E-state index in [1.54, 1.807) is 11.3 Å². The lowest BCUT2D eigenvalue weighted by molar-refractivity contribution is -0.125. The molecule has 76 valence electrons. The highest BCUT2D eigenvalue weighted by molar-refractivity contribution is 7.10. The maximum Gasteiger partial charge on any atom is 0.237 e. The van der Waals surface area contributed by atoms with Crippen molar-refractivity contribution in [2.45, 2.75) is 25.4 Å². The Balaban J connectivity index is 1.87. The summed E-state index contributed by atoms with van der Waals surface area (Å²) in [5, 5.41) is 8.11. The van der Waals surface area contributed by atoms with E-state index in [2.05, 4.69) is 10.6 Å². The standard InChI is InChI=1S/C10H14N2OS/c1-7(9-3-2-6-14-9)12-10(13)8-4-5-11-8/h2-3,6-8,11H,4-5H2,1H3,(H,12,13). The van der Waals surface area contributed by atoms with E-state index < -0.39 is 0 Å². The summed E-state index contributed by atoms with van der Waals surface area (Å²) in [6.07, 6.45) is 0.961. The second kappa shape index (κ2) is 4.11. The minimum Gasteiger partial charge on any atom is -0.347 e. The summed E-state index contributed by atoms with van der Waals surface area (Å²) in [7, 11) is 0. The number of carbonyl (C=O) groups is 1. The summed E-state index contributed by atoms with van der Waals surface area (Å²) >= 11 is 1.68. The average Bonchev–Trinajstić information content (AvgIpc) is 2.51. The molecule has 14 heavy (non-hydrogen) atoms. The maximum atomic E-state index is 11.6. The SMILES string of the molecule is CC(NC(=O)C1CCN1)c1cccs1. The van der Waals surface area contributed by atoms with Crippen molar-refractivity contribution in [2.24, 2.45) is 0 Å². The zero-order valence-electron chi connectivity index (χ0n) is 8.12. The van der Waals surface area contributed by atoms with Crippen LogP contribution in [0.3, 0.4) is 0 Å². The van der Waals surface area contributed by atoms with E-state index in [9.17, 15) is 4.79 Å². The van der Waals surface area contributed by atoms with Gasteiger partial charge in [-0.1, -0.05) is 6.07 Å². The maximum absolute atomic E-state index is 11.6. The van der Waals surface area contributed by atoms with Gasteiger partial charge in [0.2, 0.25) is 5.91 Å². The third-order valence-electron chi connectivity index (χ3n) is 2.47. The Morgan fingerprint density at radius 2 is 2.57 bits per heavy atom. The third kappa shape index (κ3) is 1.96. The van der Waals surface area contributed by atoms with Crippen LogP contribution in [0.4, 0.5) is 0 Å². The van der Waals surface area contributed by atoms with Crippen LogP contribution >= 0.6 is 11.3 Å². The van der Waals surface area contributed by atoms with Crippen molar-refractivity contribution < 1.29 is 4.79 Å². The normalized spacial score (nSPS) is 22.5. The van der Waals surface area contributed by atoms with Gasteiger partial charge in [-0.15, -0.1) is 11.3 Å². The van der Waals surface area contributed by atoms with Crippen LogP contribution in [0.25, 0.3) is 0 Å². The Kier molecular flexibility index (Phi) is 2.84. The van der Waals surface area contributed by atoms with E-state index in [0.717, 1.165) is 13.0 Å². The number of rotatable bonds is 3. The summed E-state index contributed by atoms with van der Waals surface area (Å²) < 4.78 is 0. The monoisotopic (exact) mass is 210 g/mol. The summed E-state index contributed by atoms with van der Waals surface area (Å²) in [5.74, 6) is 0.122. The topological polar surface area (TPSA) is 41.1 Å². The Bertz CT molecular complexity index is 306. The summed E-state index contributed by atoms with van der Waals surface area (Å²) in [4.78, 5) is 12.8. The number of hydrogen-bond acceptors (Lipinski definition) is 3. The second-order valence-corrected chi connectivity index (χ2v) is 4.52. The van der Waals surface area contributed by atoms with E-state index >= 15 is 0 Å². The van der Waals surface area contributed by atoms with Gasteiger partial charge in [-0.25, -0.2) is 0 Å². The van der Waals surface area contributed by atoms with E-state index in [0.29, 0.717) is 0 Å². The zero-order chi connectivity index (χ0) is 9.97. The van der Waals surface area contributed by atoms with Crippen molar-refractivity contribution in [3.63, 3.8) is 0 Å². The van der Waals surface area contributed by atoms with Crippen LogP contribution in [0.5, 0.6) is 0 Å². The third-order valence-corrected chi connectivity index (χ3v) is 3.52. The van der Waals surface area contributed by atoms with Gasteiger partial charge in [0.1, 0.15) is 0 Å². The molecule has 1 aromatic heterocycles. The predicted octanol–water partition coefficient (Wildman–Crippen LogP) is 1.29. The summed E-state index contributed by atoms with van der Waals surface area (Å²) in [6.45, 7) is 2.98. The summed E-state index contributed by atoms with van der Waals surface area (Å²) in [6, 6.07) is 4.22. The van der Waals surface area contributed by atoms with Gasteiger partial charge < -0.3 is 10.6 Å². The van der Waals surface area contributed by atoms with Crippen LogP contribution in [0.1, 0.15) is 24.3 Å². The molecule has 3 nitrogen and oxygen atoms in total. The predicted molar refractivity (Wildman–Crippen MR) is 57.3 cm³/mol. The first-order valence-electron chi connectivity index (χ1n) is 4.84. The molecule has 1 amide bonds. The smallest absolute Gasteiger partial charge is 0.237 e. The van der Waals surface area contributed by atoms with E-state index in [-0.39, 0.29) is 18.0 Å². The highest BCUT2D eigenvalue weighted by Gasteiger charge is 2.25. The van der Waals surface area contributed by atoms with E-state index in [1.165, 1.54) is 4.88 Å². The molecule has 0 saturated carbocycles. The molecule has 0 radical (unpaired) electrons. The Labute approximate surface area is 87.5 Å². The molecule has 2 atom stereocenters. The van der Waals surface area contributed by atoms with Crippen LogP contribution < -0.4 is 10.6 Å². The Morgan fingerprint density at radius 3 is 3.07 bits per heavy atom. The van der Waals surface area contributed by atoms with Gasteiger partial charge in [0.15, 0.2) is 0 Å². The molecule has 4 heteroatoms. The number of carbonyl (C=O) groups excluding carboxylic acids is 1. The molecular formula is C10H14N2OS. The largest absolute Gasteiger partial charge is 0.347 e. The first-order valence-corrected chi connectivity index (χ1v) is 5.72. The molecular weight excluding hydrogens is 196 g/mol. The highest BCUT2D eigenvalue weighted by Crippen LogP contribution is 2.18. The minimum absolute atomic E-state index is 0.0393. The van der Waals surface area contributed by atoms with E-state index in [1.807, 2.05) is 24.4 Å². The van der Waals surface area contributed by atoms with Crippen LogP contribution in [-0.4, -0.2) is 18.5 Å². The zero-order valence-corrected chi connectivity index (χ0v) is 8.93. The molecule has 0 aromatic carbocycles. The molecule has 2 heterocycles. The van der Waals surface area contributed by atoms with Gasteiger partial charge in [0, 0.05) is 4.88 Å². The van der Waals surface area contributed by atoms with Gasteiger partial charge in [-0.2, -0.15) is 0 Å². The molecule has 1 aliphatic rings. The fourth-order valence-corrected chi connectivity index (χ4v) is 2.17. The van der Waals surface area contributed by atoms with Gasteiger partial charge in [0.25, 0.3) is 0 Å². The lowest BCUT2D eigenvalue weighted by Gasteiger charge is -2.27. The van der Waals surface area contributed by atoms with Crippen LogP contribution in [-0.2, 0) is 4.79 Å².